The summed E-state index contributed by atoms with van der Waals surface area (Å²) in [6.07, 6.45) is -6.68. The number of nitrogens with two attached hydrogens (primary N) is 1. The van der Waals surface area contributed by atoms with Crippen LogP contribution in [0.4, 0.5) is 0 Å². The lowest BCUT2D eigenvalue weighted by molar-refractivity contribution is -0.217. The molecule has 2 saturated heterocycles. The number of likely N-dealkylation sites (N-methyl/N-ethyl adjacent to an activating group) is 1. The lowest BCUT2D eigenvalue weighted by atomic mass is 10.1. The van der Waals surface area contributed by atoms with Crippen LogP contribution in [0.15, 0.2) is 46.1 Å². The smallest absolute Gasteiger partial charge is 0.330 e. The third-order valence-electron chi connectivity index (χ3n) is 6.62. The monoisotopic (exact) mass is 522 g/mol. The molecule has 2 fully saturated rings. The van der Waals surface area contributed by atoms with Crippen LogP contribution in [-0.4, -0.2) is 99.9 Å². The molecule has 0 aliphatic carbocycles. The van der Waals surface area contributed by atoms with Gasteiger partial charge in [0.1, 0.15) is 30.2 Å². The summed E-state index contributed by atoms with van der Waals surface area (Å²) in [5, 5.41) is 31.4. The number of aromatic nitrogens is 2. The lowest BCUT2D eigenvalue weighted by Crippen LogP contribution is -2.44. The molecule has 6 N–H and O–H groups in total. The normalized spacial score (nSPS) is 30.6. The number of aliphatic hydroxyl groups excluding tert-OH is 3. The maximum absolute atomic E-state index is 12.3. The van der Waals surface area contributed by atoms with E-state index in [4.69, 9.17) is 24.7 Å². The number of ether oxygens (including phenoxy) is 4. The fraction of sp³-hybridized carbons (Fsp3) is 0.583. The molecule has 0 radical (unpaired) electrons. The highest BCUT2D eigenvalue weighted by atomic mass is 16.7. The van der Waals surface area contributed by atoms with Crippen molar-refractivity contribution >= 4 is 0 Å². The van der Waals surface area contributed by atoms with Crippen LogP contribution in [0.5, 0.6) is 5.75 Å². The molecule has 13 heteroatoms. The maximum atomic E-state index is 12.3. The number of H-pyrrole nitrogens is 1. The molecular weight excluding hydrogens is 488 g/mol. The number of nitrogens with one attached hydrogen (secondary N) is 1. The van der Waals surface area contributed by atoms with Gasteiger partial charge in [-0.3, -0.25) is 19.2 Å². The molecule has 2 aliphatic rings. The molecule has 0 spiro atoms. The van der Waals surface area contributed by atoms with Crippen LogP contribution in [0.1, 0.15) is 18.2 Å². The first-order valence-corrected chi connectivity index (χ1v) is 12.0. The van der Waals surface area contributed by atoms with Crippen molar-refractivity contribution in [2.75, 3.05) is 27.2 Å². The Morgan fingerprint density at radius 1 is 1.16 bits per heavy atom. The highest BCUT2D eigenvalue weighted by Crippen LogP contribution is 2.33. The second-order valence-corrected chi connectivity index (χ2v) is 9.36. The molecule has 0 amide bonds. The van der Waals surface area contributed by atoms with Crippen molar-refractivity contribution < 1.29 is 34.3 Å². The number of aliphatic hydroxyl groups is 3. The highest BCUT2D eigenvalue weighted by molar-refractivity contribution is 5.27. The fourth-order valence-corrected chi connectivity index (χ4v) is 4.65. The summed E-state index contributed by atoms with van der Waals surface area (Å²) in [5.41, 5.74) is 5.37. The lowest BCUT2D eigenvalue weighted by Gasteiger charge is -2.31. The third kappa shape index (κ3) is 6.27. The van der Waals surface area contributed by atoms with Crippen molar-refractivity contribution in [3.8, 4) is 5.75 Å². The second kappa shape index (κ2) is 11.8. The summed E-state index contributed by atoms with van der Waals surface area (Å²) < 4.78 is 24.1. The molecule has 204 valence electrons. The topological polar surface area (TPSA) is 182 Å². The molecule has 37 heavy (non-hydrogen) atoms. The Morgan fingerprint density at radius 3 is 2.51 bits per heavy atom. The Morgan fingerprint density at radius 2 is 1.89 bits per heavy atom. The molecule has 3 heterocycles. The zero-order chi connectivity index (χ0) is 26.7. The number of methoxy groups -OCH3 is 1. The minimum atomic E-state index is -1.33. The van der Waals surface area contributed by atoms with Gasteiger partial charge in [0.25, 0.3) is 5.56 Å². The number of aromatic amines is 1. The van der Waals surface area contributed by atoms with Gasteiger partial charge < -0.3 is 40.0 Å². The largest absolute Gasteiger partial charge is 0.497 e. The van der Waals surface area contributed by atoms with E-state index < -0.39 is 60.4 Å². The summed E-state index contributed by atoms with van der Waals surface area (Å²) in [6.45, 7) is 0.840. The van der Waals surface area contributed by atoms with Crippen LogP contribution in [0.3, 0.4) is 0 Å². The summed E-state index contributed by atoms with van der Waals surface area (Å²) in [5.74, 6) is 0.741. The highest BCUT2D eigenvalue weighted by Gasteiger charge is 2.47. The second-order valence-electron chi connectivity index (χ2n) is 9.36. The van der Waals surface area contributed by atoms with Gasteiger partial charge in [-0.05, 0) is 24.7 Å². The average molecular weight is 523 g/mol. The Hall–Kier alpha value is -2.62. The van der Waals surface area contributed by atoms with E-state index in [1.807, 2.05) is 36.2 Å². The van der Waals surface area contributed by atoms with E-state index >= 15 is 0 Å². The molecule has 8 atom stereocenters. The predicted molar refractivity (Wildman–Crippen MR) is 130 cm³/mol. The first-order valence-electron chi connectivity index (χ1n) is 12.0. The van der Waals surface area contributed by atoms with E-state index in [1.165, 1.54) is 12.3 Å². The van der Waals surface area contributed by atoms with Crippen molar-refractivity contribution in [2.45, 2.75) is 62.1 Å². The Bertz CT molecular complexity index is 1140. The fourth-order valence-electron chi connectivity index (χ4n) is 4.65. The molecule has 2 aromatic rings. The van der Waals surface area contributed by atoms with Gasteiger partial charge in [-0.2, -0.15) is 0 Å². The van der Waals surface area contributed by atoms with Crippen LogP contribution < -0.4 is 21.7 Å². The Labute approximate surface area is 212 Å². The Balaban J connectivity index is 1.51. The first kappa shape index (κ1) is 27.4. The first-order chi connectivity index (χ1) is 17.7. The zero-order valence-corrected chi connectivity index (χ0v) is 20.7. The number of rotatable bonds is 10. The number of benzene rings is 1. The van der Waals surface area contributed by atoms with Crippen molar-refractivity contribution in [3.05, 3.63) is 62.9 Å². The molecule has 0 bridgehead atoms. The standard InChI is InChI=1S/C24H34N4O9/c1-27(11-13-3-5-14(34-2)6-4-13)12-18(37-23-21(32)20(31)17(10-25)36-23)16-9-15(29)22(35-16)28-8-7-19(30)26-24(28)33/h3-8,15-18,20-23,29,31-32H,9-12,25H2,1-2H3,(H,26,30,33)/t15-,16+,17-,18+,20-,21-,22-,23+/m1/s1. The van der Waals surface area contributed by atoms with Gasteiger partial charge >= 0.3 is 5.69 Å². The summed E-state index contributed by atoms with van der Waals surface area (Å²) in [4.78, 5) is 27.8. The van der Waals surface area contributed by atoms with E-state index in [0.29, 0.717) is 13.1 Å². The quantitative estimate of drug-likeness (QED) is 0.235. The molecule has 1 aromatic heterocycles. The predicted octanol–water partition coefficient (Wildman–Crippen LogP) is -1.88. The molecule has 0 saturated carbocycles. The van der Waals surface area contributed by atoms with E-state index in [1.54, 1.807) is 7.11 Å². The van der Waals surface area contributed by atoms with Crippen LogP contribution in [0.25, 0.3) is 0 Å². The summed E-state index contributed by atoms with van der Waals surface area (Å²) >= 11 is 0. The zero-order valence-electron chi connectivity index (χ0n) is 20.7. The van der Waals surface area contributed by atoms with Crippen LogP contribution >= 0.6 is 0 Å². The van der Waals surface area contributed by atoms with Gasteiger partial charge in [0.05, 0.1) is 19.3 Å². The molecule has 2 aliphatic heterocycles. The van der Waals surface area contributed by atoms with E-state index in [2.05, 4.69) is 4.98 Å². The summed E-state index contributed by atoms with van der Waals surface area (Å²) in [7, 11) is 3.47. The molecule has 13 nitrogen and oxygen atoms in total. The van der Waals surface area contributed by atoms with Gasteiger partial charge in [-0.15, -0.1) is 0 Å². The van der Waals surface area contributed by atoms with Crippen LogP contribution in [-0.2, 0) is 20.8 Å². The minimum absolute atomic E-state index is 0.00400. The van der Waals surface area contributed by atoms with Crippen molar-refractivity contribution in [2.24, 2.45) is 5.73 Å². The molecule has 0 unspecified atom stereocenters. The van der Waals surface area contributed by atoms with E-state index in [0.717, 1.165) is 15.9 Å². The minimum Gasteiger partial charge on any atom is -0.497 e. The van der Waals surface area contributed by atoms with Gasteiger partial charge in [-0.25, -0.2) is 4.79 Å². The number of hydrogen-bond donors (Lipinski definition) is 5. The van der Waals surface area contributed by atoms with Gasteiger partial charge in [-0.1, -0.05) is 12.1 Å². The van der Waals surface area contributed by atoms with E-state index in [-0.39, 0.29) is 13.0 Å². The molecular formula is C24H34N4O9. The van der Waals surface area contributed by atoms with Gasteiger partial charge in [0.2, 0.25) is 0 Å². The SMILES string of the molecule is COc1ccc(CN(C)C[C@H](O[C@@H]2O[C@H](CN)[C@@H](O)[C@H]2O)[C@@H]2C[C@@H](O)[C@H](n3ccc(=O)[nH]c3=O)O2)cc1. The van der Waals surface area contributed by atoms with Crippen molar-refractivity contribution in [1.29, 1.82) is 0 Å². The third-order valence-corrected chi connectivity index (χ3v) is 6.62. The summed E-state index contributed by atoms with van der Waals surface area (Å²) in [6, 6.07) is 8.75. The molecule has 4 rings (SSSR count). The van der Waals surface area contributed by atoms with Gasteiger partial charge in [0, 0.05) is 38.3 Å². The van der Waals surface area contributed by atoms with Crippen LogP contribution in [0, 0.1) is 0 Å². The van der Waals surface area contributed by atoms with E-state index in [9.17, 15) is 24.9 Å². The average Bonchev–Trinajstić information content (AvgIpc) is 3.38. The van der Waals surface area contributed by atoms with Crippen molar-refractivity contribution in [3.63, 3.8) is 0 Å². The Kier molecular flexibility index (Phi) is 8.77. The number of nitrogens with zero attached hydrogens (tertiary/aromatic N) is 2. The van der Waals surface area contributed by atoms with Crippen LogP contribution in [0.2, 0.25) is 0 Å². The van der Waals surface area contributed by atoms with Gasteiger partial charge in [0.15, 0.2) is 12.5 Å². The molecule has 1 aromatic carbocycles. The maximum Gasteiger partial charge on any atom is 0.330 e. The van der Waals surface area contributed by atoms with Crippen molar-refractivity contribution in [1.82, 2.24) is 14.5 Å². The number of hydrogen-bond acceptors (Lipinski definition) is 11.